The molecule has 8 heteroatoms. The van der Waals surface area contributed by atoms with E-state index >= 15 is 0 Å². The minimum Gasteiger partial charge on any atom is -0.465 e. The van der Waals surface area contributed by atoms with Crippen LogP contribution < -0.4 is 5.32 Å². The lowest BCUT2D eigenvalue weighted by atomic mass is 10.0. The fraction of sp³-hybridized carbons (Fsp3) is 0.217. The summed E-state index contributed by atoms with van der Waals surface area (Å²) in [5.41, 5.74) is 2.13. The van der Waals surface area contributed by atoms with Gasteiger partial charge in [-0.2, -0.15) is 0 Å². The first kappa shape index (κ1) is 21.8. The van der Waals surface area contributed by atoms with E-state index in [2.05, 4.69) is 10.3 Å². The number of para-hydroxylation sites is 1. The van der Waals surface area contributed by atoms with Crippen molar-refractivity contribution in [2.24, 2.45) is 0 Å². The topological polar surface area (TPSA) is 104 Å². The number of methoxy groups -OCH3 is 1. The number of carbonyl (C=O) groups excluding carboxylic acids is 3. The quantitative estimate of drug-likeness (QED) is 0.448. The second-order valence-corrected chi connectivity index (χ2v) is 6.39. The van der Waals surface area contributed by atoms with E-state index in [0.29, 0.717) is 27.8 Å². The summed E-state index contributed by atoms with van der Waals surface area (Å²) in [6, 6.07) is 11.7. The number of nitrogens with zero attached hydrogens (tertiary/aromatic N) is 1. The van der Waals surface area contributed by atoms with Crippen LogP contribution in [-0.4, -0.2) is 43.2 Å². The summed E-state index contributed by atoms with van der Waals surface area (Å²) < 4.78 is 15.1. The Bertz CT molecular complexity index is 1140. The maximum Gasteiger partial charge on any atom is 0.341 e. The fourth-order valence-corrected chi connectivity index (χ4v) is 3.08. The zero-order chi connectivity index (χ0) is 22.4. The highest BCUT2D eigenvalue weighted by molar-refractivity contribution is 6.11. The number of pyridine rings is 1. The first-order valence-electron chi connectivity index (χ1n) is 9.71. The van der Waals surface area contributed by atoms with Crippen LogP contribution in [-0.2, 0) is 14.2 Å². The van der Waals surface area contributed by atoms with Gasteiger partial charge >= 0.3 is 17.9 Å². The molecule has 0 spiro atoms. The van der Waals surface area contributed by atoms with Gasteiger partial charge in [0, 0.05) is 17.3 Å². The maximum absolute atomic E-state index is 12.6. The SMILES string of the molecule is CCOC(=O)c1cccc(Nc2c(C(=O)OCC)cnc3c(C(=O)OC)cccc23)c1. The number of aromatic nitrogens is 1. The van der Waals surface area contributed by atoms with E-state index in [4.69, 9.17) is 14.2 Å². The zero-order valence-corrected chi connectivity index (χ0v) is 17.4. The molecular formula is C23H22N2O6. The normalized spacial score (nSPS) is 10.4. The number of esters is 3. The van der Waals surface area contributed by atoms with E-state index in [9.17, 15) is 14.4 Å². The third-order valence-corrected chi connectivity index (χ3v) is 4.44. The van der Waals surface area contributed by atoms with Crippen LogP contribution in [0.5, 0.6) is 0 Å². The van der Waals surface area contributed by atoms with Gasteiger partial charge in [0.15, 0.2) is 0 Å². The van der Waals surface area contributed by atoms with Crippen molar-refractivity contribution in [2.75, 3.05) is 25.6 Å². The minimum absolute atomic E-state index is 0.191. The molecule has 3 aromatic rings. The number of nitrogens with one attached hydrogen (secondary N) is 1. The van der Waals surface area contributed by atoms with E-state index in [-0.39, 0.29) is 24.3 Å². The molecule has 0 amide bonds. The highest BCUT2D eigenvalue weighted by Crippen LogP contribution is 2.32. The third-order valence-electron chi connectivity index (χ3n) is 4.44. The van der Waals surface area contributed by atoms with Crippen molar-refractivity contribution in [3.63, 3.8) is 0 Å². The molecule has 160 valence electrons. The van der Waals surface area contributed by atoms with E-state index in [1.807, 2.05) is 0 Å². The van der Waals surface area contributed by atoms with Crippen LogP contribution in [0.4, 0.5) is 11.4 Å². The van der Waals surface area contributed by atoms with E-state index < -0.39 is 17.9 Å². The van der Waals surface area contributed by atoms with Gasteiger partial charge in [-0.1, -0.05) is 18.2 Å². The molecule has 0 aliphatic rings. The lowest BCUT2D eigenvalue weighted by molar-refractivity contribution is 0.0517. The summed E-state index contributed by atoms with van der Waals surface area (Å²) in [6.45, 7) is 3.89. The predicted octanol–water partition coefficient (Wildman–Crippen LogP) is 4.12. The Morgan fingerprint density at radius 2 is 1.61 bits per heavy atom. The fourth-order valence-electron chi connectivity index (χ4n) is 3.08. The molecule has 0 aliphatic heterocycles. The minimum atomic E-state index is -0.565. The van der Waals surface area contributed by atoms with Crippen LogP contribution in [0.15, 0.2) is 48.7 Å². The standard InChI is InChI=1S/C23H22N2O6/c1-4-30-21(26)14-8-6-9-15(12-14)25-20-16-10-7-11-17(22(27)29-3)19(16)24-13-18(20)23(28)31-5-2/h6-13H,4-5H2,1-3H3,(H,24,25). The van der Waals surface area contributed by atoms with E-state index in [0.717, 1.165) is 0 Å². The van der Waals surface area contributed by atoms with Gasteiger partial charge in [0.25, 0.3) is 0 Å². The molecule has 1 N–H and O–H groups in total. The average molecular weight is 422 g/mol. The Morgan fingerprint density at radius 1 is 0.903 bits per heavy atom. The Labute approximate surface area is 179 Å². The second-order valence-electron chi connectivity index (χ2n) is 6.39. The van der Waals surface area contributed by atoms with Crippen LogP contribution in [0.3, 0.4) is 0 Å². The van der Waals surface area contributed by atoms with E-state index in [1.54, 1.807) is 56.3 Å². The number of hydrogen-bond donors (Lipinski definition) is 1. The van der Waals surface area contributed by atoms with Gasteiger partial charge in [0.1, 0.15) is 5.56 Å². The van der Waals surface area contributed by atoms with Gasteiger partial charge in [0.05, 0.1) is 42.7 Å². The number of ether oxygens (including phenoxy) is 3. The van der Waals surface area contributed by atoms with Crippen molar-refractivity contribution in [1.29, 1.82) is 0 Å². The molecule has 0 bridgehead atoms. The summed E-state index contributed by atoms with van der Waals surface area (Å²) in [4.78, 5) is 41.1. The largest absolute Gasteiger partial charge is 0.465 e. The Hall–Kier alpha value is -3.94. The molecule has 8 nitrogen and oxygen atoms in total. The van der Waals surface area contributed by atoms with Gasteiger partial charge in [-0.05, 0) is 38.1 Å². The number of benzene rings is 2. The smallest absolute Gasteiger partial charge is 0.341 e. The van der Waals surface area contributed by atoms with Crippen LogP contribution in [0.25, 0.3) is 10.9 Å². The molecule has 31 heavy (non-hydrogen) atoms. The van der Waals surface area contributed by atoms with E-state index in [1.165, 1.54) is 13.3 Å². The highest BCUT2D eigenvalue weighted by atomic mass is 16.5. The molecular weight excluding hydrogens is 400 g/mol. The number of fused-ring (bicyclic) bond motifs is 1. The third kappa shape index (κ3) is 4.63. The van der Waals surface area contributed by atoms with Crippen molar-refractivity contribution in [2.45, 2.75) is 13.8 Å². The molecule has 2 aromatic carbocycles. The zero-order valence-electron chi connectivity index (χ0n) is 17.4. The molecule has 3 rings (SSSR count). The van der Waals surface area contributed by atoms with Gasteiger partial charge in [-0.15, -0.1) is 0 Å². The van der Waals surface area contributed by atoms with Crippen molar-refractivity contribution in [3.8, 4) is 0 Å². The lowest BCUT2D eigenvalue weighted by Crippen LogP contribution is -2.11. The molecule has 0 atom stereocenters. The van der Waals surface area contributed by atoms with Crippen molar-refractivity contribution in [1.82, 2.24) is 4.98 Å². The van der Waals surface area contributed by atoms with Gasteiger partial charge in [-0.3, -0.25) is 4.98 Å². The molecule has 0 saturated carbocycles. The summed E-state index contributed by atoms with van der Waals surface area (Å²) in [7, 11) is 1.29. The Kier molecular flexibility index (Phi) is 6.81. The first-order chi connectivity index (χ1) is 15.0. The number of rotatable bonds is 7. The number of carbonyl (C=O) groups is 3. The maximum atomic E-state index is 12.6. The van der Waals surface area contributed by atoms with Crippen LogP contribution >= 0.6 is 0 Å². The van der Waals surface area contributed by atoms with Gasteiger partial charge < -0.3 is 19.5 Å². The van der Waals surface area contributed by atoms with Gasteiger partial charge in [-0.25, -0.2) is 14.4 Å². The van der Waals surface area contributed by atoms with Crippen LogP contribution in [0.2, 0.25) is 0 Å². The molecule has 1 aromatic heterocycles. The predicted molar refractivity (Wildman–Crippen MR) is 115 cm³/mol. The highest BCUT2D eigenvalue weighted by Gasteiger charge is 2.20. The molecule has 1 heterocycles. The summed E-state index contributed by atoms with van der Waals surface area (Å²) in [6.07, 6.45) is 1.35. The number of hydrogen-bond acceptors (Lipinski definition) is 8. The summed E-state index contributed by atoms with van der Waals surface area (Å²) in [5.74, 6) is -1.56. The summed E-state index contributed by atoms with van der Waals surface area (Å²) in [5, 5.41) is 3.70. The molecule has 0 unspecified atom stereocenters. The average Bonchev–Trinajstić information content (AvgIpc) is 2.78. The molecule has 0 aliphatic carbocycles. The number of anilines is 2. The van der Waals surface area contributed by atoms with Crippen LogP contribution in [0, 0.1) is 0 Å². The molecule has 0 saturated heterocycles. The van der Waals surface area contributed by atoms with Crippen molar-refractivity contribution < 1.29 is 28.6 Å². The second kappa shape index (κ2) is 9.71. The molecule has 0 fully saturated rings. The Morgan fingerprint density at radius 3 is 2.32 bits per heavy atom. The first-order valence-corrected chi connectivity index (χ1v) is 9.71. The Balaban J connectivity index is 2.15. The van der Waals surface area contributed by atoms with Gasteiger partial charge in [0.2, 0.25) is 0 Å². The van der Waals surface area contributed by atoms with Crippen LogP contribution in [0.1, 0.15) is 44.9 Å². The molecule has 0 radical (unpaired) electrons. The summed E-state index contributed by atoms with van der Waals surface area (Å²) >= 11 is 0. The van der Waals surface area contributed by atoms with Crippen molar-refractivity contribution >= 4 is 40.2 Å². The van der Waals surface area contributed by atoms with Crippen molar-refractivity contribution in [3.05, 3.63) is 65.4 Å². The monoisotopic (exact) mass is 422 g/mol. The lowest BCUT2D eigenvalue weighted by Gasteiger charge is -2.15.